The number of amides is 1. The second kappa shape index (κ2) is 7.04. The van der Waals surface area contributed by atoms with Gasteiger partial charge in [-0.25, -0.2) is 0 Å². The number of piperazine rings is 1. The minimum atomic E-state index is -0.0279. The lowest BCUT2D eigenvalue weighted by Gasteiger charge is -2.30. The molecule has 0 aromatic heterocycles. The molecule has 1 amide bonds. The number of nitrogens with one attached hydrogen (secondary N) is 1. The molecule has 1 aliphatic rings. The first-order valence-electron chi connectivity index (χ1n) is 6.94. The van der Waals surface area contributed by atoms with Gasteiger partial charge >= 0.3 is 0 Å². The molecule has 1 aliphatic heterocycles. The predicted molar refractivity (Wildman–Crippen MR) is 77.3 cm³/mol. The average Bonchev–Trinajstić information content (AvgIpc) is 2.47. The van der Waals surface area contributed by atoms with Crippen LogP contribution >= 0.6 is 0 Å². The summed E-state index contributed by atoms with van der Waals surface area (Å²) in [5.74, 6) is 0.792. The molecule has 1 heterocycles. The normalized spacial score (nSPS) is 16.5. The molecule has 0 unspecified atom stereocenters. The van der Waals surface area contributed by atoms with Crippen LogP contribution in [0.3, 0.4) is 0 Å². The number of nitrogens with zero attached hydrogens (tertiary/aromatic N) is 2. The van der Waals surface area contributed by atoms with Gasteiger partial charge in [0.05, 0.1) is 0 Å². The molecular formula is C15H21N3O. The molecule has 4 nitrogen and oxygen atoms in total. The second-order valence-corrected chi connectivity index (χ2v) is 4.68. The molecule has 2 rings (SSSR count). The summed E-state index contributed by atoms with van der Waals surface area (Å²) in [4.78, 5) is 18.4. The van der Waals surface area contributed by atoms with Gasteiger partial charge in [0.25, 0.3) is 0 Å². The smallest absolute Gasteiger partial charge is 0.247 e. The number of carbonyl (C=O) groups is 1. The van der Waals surface area contributed by atoms with E-state index in [-0.39, 0.29) is 5.91 Å². The topological polar surface area (TPSA) is 44.7 Å². The van der Waals surface area contributed by atoms with Crippen molar-refractivity contribution in [2.45, 2.75) is 19.8 Å². The number of amidine groups is 1. The Balaban J connectivity index is 2.24. The van der Waals surface area contributed by atoms with Gasteiger partial charge in [-0.05, 0) is 6.42 Å². The third-order valence-corrected chi connectivity index (χ3v) is 3.14. The van der Waals surface area contributed by atoms with E-state index in [1.807, 2.05) is 37.3 Å². The van der Waals surface area contributed by atoms with E-state index in [0.717, 1.165) is 44.0 Å². The Hall–Kier alpha value is -1.68. The Morgan fingerprint density at radius 3 is 2.58 bits per heavy atom. The minimum absolute atomic E-state index is 0.0279. The third-order valence-electron chi connectivity index (χ3n) is 3.14. The lowest BCUT2D eigenvalue weighted by molar-refractivity contribution is -0.117. The quantitative estimate of drug-likeness (QED) is 0.663. The fraction of sp³-hybridized carbons (Fsp3) is 0.467. The summed E-state index contributed by atoms with van der Waals surface area (Å²) in [5, 5.41) is 3.32. The third kappa shape index (κ3) is 3.89. The monoisotopic (exact) mass is 259 g/mol. The standard InChI is InChI=1S/C15H21N3O/c1-2-6-14(19)17-15(13-7-4-3-5-8-13)18-11-9-16-10-12-18/h3-5,7-8,16H,2,6,9-12H2,1H3/b17-15+. The van der Waals surface area contributed by atoms with Gasteiger partial charge in [-0.3, -0.25) is 4.79 Å². The highest BCUT2D eigenvalue weighted by molar-refractivity contribution is 6.05. The molecule has 0 saturated carbocycles. The lowest BCUT2D eigenvalue weighted by Crippen LogP contribution is -2.47. The Morgan fingerprint density at radius 2 is 1.95 bits per heavy atom. The van der Waals surface area contributed by atoms with Gasteiger partial charge in [0.1, 0.15) is 5.84 Å². The molecule has 1 aromatic rings. The van der Waals surface area contributed by atoms with Gasteiger partial charge < -0.3 is 10.2 Å². The molecule has 0 aliphatic carbocycles. The summed E-state index contributed by atoms with van der Waals surface area (Å²) >= 11 is 0. The van der Waals surface area contributed by atoms with Crippen molar-refractivity contribution in [3.8, 4) is 0 Å². The van der Waals surface area contributed by atoms with Crippen molar-refractivity contribution in [1.29, 1.82) is 0 Å². The van der Waals surface area contributed by atoms with E-state index in [0.29, 0.717) is 6.42 Å². The summed E-state index contributed by atoms with van der Waals surface area (Å²) in [7, 11) is 0. The summed E-state index contributed by atoms with van der Waals surface area (Å²) in [6.07, 6.45) is 1.36. The van der Waals surface area contributed by atoms with Gasteiger partial charge in [0.2, 0.25) is 5.91 Å². The highest BCUT2D eigenvalue weighted by Crippen LogP contribution is 2.08. The summed E-state index contributed by atoms with van der Waals surface area (Å²) < 4.78 is 0. The van der Waals surface area contributed by atoms with Crippen LogP contribution in [0.4, 0.5) is 0 Å². The lowest BCUT2D eigenvalue weighted by atomic mass is 10.1. The molecule has 19 heavy (non-hydrogen) atoms. The number of aliphatic imine (C=N–C) groups is 1. The van der Waals surface area contributed by atoms with E-state index >= 15 is 0 Å². The van der Waals surface area contributed by atoms with Gasteiger partial charge in [-0.2, -0.15) is 4.99 Å². The Bertz CT molecular complexity index is 436. The Kier molecular flexibility index (Phi) is 5.10. The summed E-state index contributed by atoms with van der Waals surface area (Å²) in [6.45, 7) is 5.67. The van der Waals surface area contributed by atoms with Crippen LogP contribution in [0.25, 0.3) is 0 Å². The summed E-state index contributed by atoms with van der Waals surface area (Å²) in [5.41, 5.74) is 1.02. The molecule has 0 spiro atoms. The molecule has 4 heteroatoms. The first kappa shape index (κ1) is 13.7. The molecule has 1 fully saturated rings. The van der Waals surface area contributed by atoms with Gasteiger partial charge in [-0.15, -0.1) is 0 Å². The van der Waals surface area contributed by atoms with Crippen LogP contribution in [0.5, 0.6) is 0 Å². The van der Waals surface area contributed by atoms with Gasteiger partial charge in [0.15, 0.2) is 0 Å². The molecule has 1 saturated heterocycles. The van der Waals surface area contributed by atoms with Crippen LogP contribution in [0.15, 0.2) is 35.3 Å². The zero-order valence-electron chi connectivity index (χ0n) is 11.4. The van der Waals surface area contributed by atoms with Crippen LogP contribution in [0.2, 0.25) is 0 Å². The number of hydrogen-bond acceptors (Lipinski definition) is 2. The average molecular weight is 259 g/mol. The van der Waals surface area contributed by atoms with E-state index in [1.54, 1.807) is 0 Å². The second-order valence-electron chi connectivity index (χ2n) is 4.68. The molecule has 1 N–H and O–H groups in total. The van der Waals surface area contributed by atoms with Crippen LogP contribution in [-0.4, -0.2) is 42.8 Å². The number of rotatable bonds is 3. The van der Waals surface area contributed by atoms with Crippen molar-refractivity contribution in [2.75, 3.05) is 26.2 Å². The Labute approximate surface area is 114 Å². The van der Waals surface area contributed by atoms with Crippen molar-refractivity contribution < 1.29 is 4.79 Å². The molecule has 102 valence electrons. The largest absolute Gasteiger partial charge is 0.353 e. The maximum Gasteiger partial charge on any atom is 0.247 e. The zero-order valence-corrected chi connectivity index (χ0v) is 11.4. The van der Waals surface area contributed by atoms with E-state index in [9.17, 15) is 4.79 Å². The fourth-order valence-corrected chi connectivity index (χ4v) is 2.17. The molecular weight excluding hydrogens is 238 g/mol. The number of benzene rings is 1. The number of carbonyl (C=O) groups excluding carboxylic acids is 1. The SMILES string of the molecule is CCCC(=O)/N=C(\c1ccccc1)N1CCNCC1. The molecule has 1 aromatic carbocycles. The van der Waals surface area contributed by atoms with Gasteiger partial charge in [0, 0.05) is 38.2 Å². The van der Waals surface area contributed by atoms with E-state index < -0.39 is 0 Å². The first-order valence-corrected chi connectivity index (χ1v) is 6.94. The zero-order chi connectivity index (χ0) is 13.5. The van der Waals surface area contributed by atoms with Crippen LogP contribution in [-0.2, 0) is 4.79 Å². The predicted octanol–water partition coefficient (Wildman–Crippen LogP) is 1.67. The maximum atomic E-state index is 11.8. The maximum absolute atomic E-state index is 11.8. The van der Waals surface area contributed by atoms with Crippen LogP contribution in [0.1, 0.15) is 25.3 Å². The van der Waals surface area contributed by atoms with Crippen LogP contribution in [0, 0.1) is 0 Å². The highest BCUT2D eigenvalue weighted by atomic mass is 16.1. The van der Waals surface area contributed by atoms with Crippen molar-refractivity contribution in [3.05, 3.63) is 35.9 Å². The highest BCUT2D eigenvalue weighted by Gasteiger charge is 2.17. The number of hydrogen-bond donors (Lipinski definition) is 1. The minimum Gasteiger partial charge on any atom is -0.353 e. The Morgan fingerprint density at radius 1 is 1.26 bits per heavy atom. The van der Waals surface area contributed by atoms with Crippen molar-refractivity contribution in [1.82, 2.24) is 10.2 Å². The van der Waals surface area contributed by atoms with Crippen LogP contribution < -0.4 is 5.32 Å². The fourth-order valence-electron chi connectivity index (χ4n) is 2.17. The van der Waals surface area contributed by atoms with Crippen molar-refractivity contribution in [2.24, 2.45) is 4.99 Å². The van der Waals surface area contributed by atoms with E-state index in [1.165, 1.54) is 0 Å². The van der Waals surface area contributed by atoms with E-state index in [4.69, 9.17) is 0 Å². The first-order chi connectivity index (χ1) is 9.31. The van der Waals surface area contributed by atoms with Gasteiger partial charge in [-0.1, -0.05) is 37.3 Å². The van der Waals surface area contributed by atoms with E-state index in [2.05, 4.69) is 15.2 Å². The summed E-state index contributed by atoms with van der Waals surface area (Å²) in [6, 6.07) is 9.97. The van der Waals surface area contributed by atoms with Crippen molar-refractivity contribution in [3.63, 3.8) is 0 Å². The molecule has 0 radical (unpaired) electrons. The molecule has 0 bridgehead atoms. The van der Waals surface area contributed by atoms with Crippen molar-refractivity contribution >= 4 is 11.7 Å². The molecule has 0 atom stereocenters.